The number of hydrogen-bond acceptors (Lipinski definition) is 4. The molecule has 0 spiro atoms. The van der Waals surface area contributed by atoms with Crippen LogP contribution >= 0.6 is 0 Å². The largest absolute Gasteiger partial charge is 0.487 e. The van der Waals surface area contributed by atoms with Crippen molar-refractivity contribution >= 4 is 5.91 Å². The summed E-state index contributed by atoms with van der Waals surface area (Å²) in [5.41, 5.74) is 4.46. The Balaban J connectivity index is 1.98. The van der Waals surface area contributed by atoms with Crippen molar-refractivity contribution in [3.05, 3.63) is 59.4 Å². The molecule has 0 saturated carbocycles. The lowest BCUT2D eigenvalue weighted by atomic mass is 10.2. The number of carbonyl (C=O) groups is 1. The molecule has 1 aromatic carbocycles. The van der Waals surface area contributed by atoms with Crippen LogP contribution in [0.4, 0.5) is 0 Å². The number of hydrogen-bond donors (Lipinski definition) is 2. The molecular weight excluding hydrogens is 254 g/mol. The molecule has 0 fully saturated rings. The van der Waals surface area contributed by atoms with Crippen molar-refractivity contribution in [3.63, 3.8) is 0 Å². The molecule has 0 saturated heterocycles. The molecule has 0 atom stereocenters. The Morgan fingerprint density at radius 1 is 1.35 bits per heavy atom. The first kappa shape index (κ1) is 14.0. The van der Waals surface area contributed by atoms with Gasteiger partial charge in [-0.05, 0) is 36.2 Å². The van der Waals surface area contributed by atoms with Gasteiger partial charge in [0.1, 0.15) is 12.4 Å². The molecule has 1 heterocycles. The SMILES string of the molecule is CCc1cccc(OCc2ccc(C(=O)NN)cn2)c1. The van der Waals surface area contributed by atoms with Crippen LogP contribution in [0.2, 0.25) is 0 Å². The van der Waals surface area contributed by atoms with E-state index in [1.165, 1.54) is 11.8 Å². The van der Waals surface area contributed by atoms with Crippen LogP contribution in [0.5, 0.6) is 5.75 Å². The second-order valence-electron chi connectivity index (χ2n) is 4.30. The van der Waals surface area contributed by atoms with E-state index in [1.54, 1.807) is 12.1 Å². The average Bonchev–Trinajstić information content (AvgIpc) is 2.53. The standard InChI is InChI=1S/C15H17N3O2/c1-2-11-4-3-5-14(8-11)20-10-13-7-6-12(9-17-13)15(19)18-16/h3-9H,2,10,16H2,1H3,(H,18,19). The number of benzene rings is 1. The van der Waals surface area contributed by atoms with Crippen molar-refractivity contribution in [2.75, 3.05) is 0 Å². The molecule has 2 aromatic rings. The van der Waals surface area contributed by atoms with E-state index in [1.807, 2.05) is 18.2 Å². The lowest BCUT2D eigenvalue weighted by molar-refractivity contribution is 0.0953. The first-order chi connectivity index (χ1) is 9.72. The first-order valence-corrected chi connectivity index (χ1v) is 6.40. The fourth-order valence-corrected chi connectivity index (χ4v) is 1.74. The summed E-state index contributed by atoms with van der Waals surface area (Å²) in [4.78, 5) is 15.4. The molecule has 5 heteroatoms. The number of ether oxygens (including phenoxy) is 1. The first-order valence-electron chi connectivity index (χ1n) is 6.40. The zero-order valence-corrected chi connectivity index (χ0v) is 11.3. The van der Waals surface area contributed by atoms with Gasteiger partial charge < -0.3 is 4.74 Å². The number of aryl methyl sites for hydroxylation is 1. The van der Waals surface area contributed by atoms with Gasteiger partial charge in [-0.2, -0.15) is 0 Å². The van der Waals surface area contributed by atoms with Crippen LogP contribution in [-0.2, 0) is 13.0 Å². The summed E-state index contributed by atoms with van der Waals surface area (Å²) in [6, 6.07) is 11.4. The van der Waals surface area contributed by atoms with E-state index in [2.05, 4.69) is 23.4 Å². The van der Waals surface area contributed by atoms with E-state index in [9.17, 15) is 4.79 Å². The van der Waals surface area contributed by atoms with Crippen LogP contribution in [0.1, 0.15) is 28.5 Å². The van der Waals surface area contributed by atoms with Crippen LogP contribution < -0.4 is 16.0 Å². The highest BCUT2D eigenvalue weighted by atomic mass is 16.5. The minimum atomic E-state index is -0.361. The summed E-state index contributed by atoms with van der Waals surface area (Å²) in [5.74, 6) is 5.51. The fourth-order valence-electron chi connectivity index (χ4n) is 1.74. The summed E-state index contributed by atoms with van der Waals surface area (Å²) in [6.07, 6.45) is 2.45. The fraction of sp³-hybridized carbons (Fsp3) is 0.200. The summed E-state index contributed by atoms with van der Waals surface area (Å²) < 4.78 is 5.67. The van der Waals surface area contributed by atoms with E-state index in [-0.39, 0.29) is 5.91 Å². The topological polar surface area (TPSA) is 77.2 Å². The van der Waals surface area contributed by atoms with Gasteiger partial charge in [0.15, 0.2) is 0 Å². The van der Waals surface area contributed by atoms with E-state index < -0.39 is 0 Å². The lowest BCUT2D eigenvalue weighted by Crippen LogP contribution is -2.30. The van der Waals surface area contributed by atoms with Crippen LogP contribution in [0, 0.1) is 0 Å². The highest BCUT2D eigenvalue weighted by Gasteiger charge is 2.04. The molecule has 0 unspecified atom stereocenters. The Morgan fingerprint density at radius 3 is 2.85 bits per heavy atom. The van der Waals surface area contributed by atoms with E-state index in [4.69, 9.17) is 10.6 Å². The quantitative estimate of drug-likeness (QED) is 0.494. The van der Waals surface area contributed by atoms with Gasteiger partial charge in [0.05, 0.1) is 11.3 Å². The predicted octanol–water partition coefficient (Wildman–Crippen LogP) is 1.83. The molecule has 5 nitrogen and oxygen atoms in total. The molecule has 3 N–H and O–H groups in total. The van der Waals surface area contributed by atoms with Crippen LogP contribution in [0.15, 0.2) is 42.6 Å². The maximum Gasteiger partial charge on any atom is 0.266 e. The molecule has 0 aliphatic rings. The summed E-state index contributed by atoms with van der Waals surface area (Å²) >= 11 is 0. The normalized spacial score (nSPS) is 10.1. The molecule has 1 aromatic heterocycles. The molecule has 20 heavy (non-hydrogen) atoms. The van der Waals surface area contributed by atoms with Gasteiger partial charge in [-0.3, -0.25) is 15.2 Å². The number of hydrazine groups is 1. The number of nitrogen functional groups attached to an aromatic ring is 1. The van der Waals surface area contributed by atoms with Gasteiger partial charge in [0, 0.05) is 6.20 Å². The van der Waals surface area contributed by atoms with Gasteiger partial charge in [-0.15, -0.1) is 0 Å². The predicted molar refractivity (Wildman–Crippen MR) is 76.0 cm³/mol. The maximum absolute atomic E-state index is 11.3. The number of nitrogens with two attached hydrogens (primary N) is 1. The number of rotatable bonds is 5. The average molecular weight is 271 g/mol. The maximum atomic E-state index is 11.3. The van der Waals surface area contributed by atoms with Crippen molar-refractivity contribution in [2.24, 2.45) is 5.84 Å². The van der Waals surface area contributed by atoms with Crippen molar-refractivity contribution in [1.29, 1.82) is 0 Å². The molecular formula is C15H17N3O2. The van der Waals surface area contributed by atoms with Crippen LogP contribution in [0.3, 0.4) is 0 Å². The minimum Gasteiger partial charge on any atom is -0.487 e. The number of amides is 1. The van der Waals surface area contributed by atoms with Gasteiger partial charge >= 0.3 is 0 Å². The monoisotopic (exact) mass is 271 g/mol. The van der Waals surface area contributed by atoms with Crippen LogP contribution in [-0.4, -0.2) is 10.9 Å². The lowest BCUT2D eigenvalue weighted by Gasteiger charge is -2.07. The second kappa shape index (κ2) is 6.68. The number of nitrogens with zero attached hydrogens (tertiary/aromatic N) is 1. The van der Waals surface area contributed by atoms with Crippen molar-refractivity contribution in [3.8, 4) is 5.75 Å². The Bertz CT molecular complexity index is 582. The molecule has 0 radical (unpaired) electrons. The molecule has 104 valence electrons. The van der Waals surface area contributed by atoms with Gasteiger partial charge in [0.2, 0.25) is 0 Å². The number of aromatic nitrogens is 1. The molecule has 0 bridgehead atoms. The van der Waals surface area contributed by atoms with E-state index in [0.29, 0.717) is 12.2 Å². The van der Waals surface area contributed by atoms with Crippen molar-refractivity contribution < 1.29 is 9.53 Å². The highest BCUT2D eigenvalue weighted by Crippen LogP contribution is 2.15. The zero-order valence-electron chi connectivity index (χ0n) is 11.3. The van der Waals surface area contributed by atoms with Crippen molar-refractivity contribution in [1.82, 2.24) is 10.4 Å². The summed E-state index contributed by atoms with van der Waals surface area (Å²) in [6.45, 7) is 2.46. The van der Waals surface area contributed by atoms with Gasteiger partial charge in [-0.1, -0.05) is 19.1 Å². The number of carbonyl (C=O) groups excluding carboxylic acids is 1. The van der Waals surface area contributed by atoms with Crippen molar-refractivity contribution in [2.45, 2.75) is 20.0 Å². The molecule has 1 amide bonds. The third-order valence-electron chi connectivity index (χ3n) is 2.91. The summed E-state index contributed by atoms with van der Waals surface area (Å²) in [5, 5.41) is 0. The Hall–Kier alpha value is -2.40. The third-order valence-corrected chi connectivity index (χ3v) is 2.91. The number of nitrogens with one attached hydrogen (secondary N) is 1. The summed E-state index contributed by atoms with van der Waals surface area (Å²) in [7, 11) is 0. The molecule has 2 rings (SSSR count). The van der Waals surface area contributed by atoms with Gasteiger partial charge in [-0.25, -0.2) is 5.84 Å². The van der Waals surface area contributed by atoms with E-state index >= 15 is 0 Å². The van der Waals surface area contributed by atoms with Gasteiger partial charge in [0.25, 0.3) is 5.91 Å². The minimum absolute atomic E-state index is 0.359. The molecule has 0 aliphatic carbocycles. The molecule has 0 aliphatic heterocycles. The highest BCUT2D eigenvalue weighted by molar-refractivity contribution is 5.93. The van der Waals surface area contributed by atoms with Crippen LogP contribution in [0.25, 0.3) is 0 Å². The Labute approximate surface area is 117 Å². The Morgan fingerprint density at radius 2 is 2.20 bits per heavy atom. The zero-order chi connectivity index (χ0) is 14.4. The van der Waals surface area contributed by atoms with E-state index in [0.717, 1.165) is 17.9 Å². The number of pyridine rings is 1. The Kier molecular flexibility index (Phi) is 4.68. The second-order valence-corrected chi connectivity index (χ2v) is 4.30. The third kappa shape index (κ3) is 3.55. The smallest absolute Gasteiger partial charge is 0.266 e.